The van der Waals surface area contributed by atoms with Crippen LogP contribution in [0, 0.1) is 0 Å². The maximum Gasteiger partial charge on any atom is 0.134 e. The topological polar surface area (TPSA) is 37.8 Å². The second kappa shape index (κ2) is 4.80. The molecule has 1 N–H and O–H groups in total. The summed E-state index contributed by atoms with van der Waals surface area (Å²) < 4.78 is 0. The fraction of sp³-hybridized carbons (Fsp3) is 0.833. The van der Waals surface area contributed by atoms with Gasteiger partial charge in [-0.25, -0.2) is 0 Å². The molecule has 2 rings (SSSR count). The molecule has 0 aromatic carbocycles. The highest BCUT2D eigenvalue weighted by Crippen LogP contribution is 2.42. The molecule has 1 unspecified atom stereocenters. The van der Waals surface area contributed by atoms with E-state index in [9.17, 15) is 0 Å². The Morgan fingerprint density at radius 3 is 2.62 bits per heavy atom. The molecule has 0 saturated heterocycles. The van der Waals surface area contributed by atoms with Gasteiger partial charge in [0.2, 0.25) is 0 Å². The zero-order valence-electron chi connectivity index (χ0n) is 10.4. The molecule has 0 spiro atoms. The first-order chi connectivity index (χ1) is 7.69. The number of aromatic nitrogens is 2. The van der Waals surface area contributed by atoms with Crippen LogP contribution >= 0.6 is 11.3 Å². The van der Waals surface area contributed by atoms with Gasteiger partial charge in [0.25, 0.3) is 0 Å². The molecule has 16 heavy (non-hydrogen) atoms. The van der Waals surface area contributed by atoms with Crippen LogP contribution in [-0.4, -0.2) is 17.2 Å². The van der Waals surface area contributed by atoms with Crippen LogP contribution in [0.1, 0.15) is 62.0 Å². The molecule has 1 heterocycles. The molecule has 1 atom stereocenters. The molecule has 1 aliphatic carbocycles. The van der Waals surface area contributed by atoms with Crippen LogP contribution in [0.5, 0.6) is 0 Å². The van der Waals surface area contributed by atoms with Crippen LogP contribution in [-0.2, 0) is 5.41 Å². The van der Waals surface area contributed by atoms with Gasteiger partial charge < -0.3 is 5.32 Å². The number of nitrogens with one attached hydrogen (secondary N) is 1. The number of nitrogens with zero attached hydrogens (tertiary/aromatic N) is 2. The molecule has 1 aliphatic rings. The summed E-state index contributed by atoms with van der Waals surface area (Å²) in [6.45, 7) is 4.52. The van der Waals surface area contributed by atoms with Crippen molar-refractivity contribution in [1.82, 2.24) is 15.5 Å². The third-order valence-electron chi connectivity index (χ3n) is 3.72. The van der Waals surface area contributed by atoms with E-state index in [1.807, 2.05) is 7.05 Å². The molecule has 1 saturated carbocycles. The van der Waals surface area contributed by atoms with Gasteiger partial charge >= 0.3 is 0 Å². The van der Waals surface area contributed by atoms with Gasteiger partial charge in [-0.2, -0.15) is 0 Å². The van der Waals surface area contributed by atoms with Gasteiger partial charge in [-0.1, -0.05) is 38.0 Å². The third-order valence-corrected chi connectivity index (χ3v) is 5.06. The minimum Gasteiger partial charge on any atom is -0.311 e. The van der Waals surface area contributed by atoms with E-state index in [-0.39, 0.29) is 0 Å². The second-order valence-electron chi connectivity index (χ2n) is 4.96. The molecule has 1 aromatic heterocycles. The van der Waals surface area contributed by atoms with Gasteiger partial charge in [-0.05, 0) is 26.3 Å². The summed E-state index contributed by atoms with van der Waals surface area (Å²) in [4.78, 5) is 0. The van der Waals surface area contributed by atoms with Gasteiger partial charge in [-0.3, -0.25) is 0 Å². The van der Waals surface area contributed by atoms with E-state index in [2.05, 4.69) is 29.4 Å². The van der Waals surface area contributed by atoms with Crippen molar-refractivity contribution in [3.8, 4) is 0 Å². The summed E-state index contributed by atoms with van der Waals surface area (Å²) in [6, 6.07) is 0.372. The van der Waals surface area contributed by atoms with E-state index in [0.717, 1.165) is 11.4 Å². The Morgan fingerprint density at radius 1 is 1.38 bits per heavy atom. The summed E-state index contributed by atoms with van der Waals surface area (Å²) in [6.07, 6.45) is 6.31. The quantitative estimate of drug-likeness (QED) is 0.877. The molecule has 0 radical (unpaired) electrons. The molecule has 0 aliphatic heterocycles. The van der Waals surface area contributed by atoms with Crippen molar-refractivity contribution in [1.29, 1.82) is 0 Å². The van der Waals surface area contributed by atoms with E-state index in [1.54, 1.807) is 11.3 Å². The highest BCUT2D eigenvalue weighted by molar-refractivity contribution is 7.11. The molecule has 1 aromatic rings. The minimum absolute atomic E-state index is 0.307. The van der Waals surface area contributed by atoms with Crippen LogP contribution in [0.2, 0.25) is 0 Å². The monoisotopic (exact) mass is 239 g/mol. The number of hydrogen-bond donors (Lipinski definition) is 1. The van der Waals surface area contributed by atoms with E-state index in [1.165, 1.54) is 30.7 Å². The Kier molecular flexibility index (Phi) is 3.60. The first-order valence-electron chi connectivity index (χ1n) is 6.21. The maximum atomic E-state index is 4.42. The Hall–Kier alpha value is -0.480. The average molecular weight is 239 g/mol. The lowest BCUT2D eigenvalue weighted by atomic mass is 9.90. The molecular formula is C12H21N3S. The van der Waals surface area contributed by atoms with Crippen LogP contribution in [0.4, 0.5) is 0 Å². The summed E-state index contributed by atoms with van der Waals surface area (Å²) in [5.74, 6) is 0. The SMILES string of the molecule is CCC(NC)c1nnc(C2(C)CCCC2)s1. The highest BCUT2D eigenvalue weighted by Gasteiger charge is 2.34. The van der Waals surface area contributed by atoms with Crippen LogP contribution in [0.25, 0.3) is 0 Å². The lowest BCUT2D eigenvalue weighted by molar-refractivity contribution is 0.483. The molecule has 0 bridgehead atoms. The lowest BCUT2D eigenvalue weighted by Gasteiger charge is -2.19. The van der Waals surface area contributed by atoms with Crippen molar-refractivity contribution in [2.24, 2.45) is 0 Å². The molecule has 4 heteroatoms. The normalized spacial score (nSPS) is 21.2. The fourth-order valence-electron chi connectivity index (χ4n) is 2.49. The van der Waals surface area contributed by atoms with E-state index in [4.69, 9.17) is 0 Å². The third kappa shape index (κ3) is 2.13. The predicted octanol–water partition coefficient (Wildman–Crippen LogP) is 3.04. The standard InChI is InChI=1S/C12H21N3S/c1-4-9(13-3)10-14-15-11(16-10)12(2)7-5-6-8-12/h9,13H,4-8H2,1-3H3. The van der Waals surface area contributed by atoms with Crippen molar-refractivity contribution in [3.63, 3.8) is 0 Å². The maximum absolute atomic E-state index is 4.42. The number of rotatable bonds is 4. The van der Waals surface area contributed by atoms with Gasteiger partial charge in [-0.15, -0.1) is 10.2 Å². The van der Waals surface area contributed by atoms with E-state index in [0.29, 0.717) is 11.5 Å². The largest absolute Gasteiger partial charge is 0.311 e. The molecular weight excluding hydrogens is 218 g/mol. The van der Waals surface area contributed by atoms with E-state index < -0.39 is 0 Å². The first-order valence-corrected chi connectivity index (χ1v) is 7.02. The van der Waals surface area contributed by atoms with Gasteiger partial charge in [0.1, 0.15) is 10.0 Å². The summed E-state index contributed by atoms with van der Waals surface area (Å²) in [7, 11) is 1.99. The Bertz CT molecular complexity index is 338. The molecule has 90 valence electrons. The average Bonchev–Trinajstić information content (AvgIpc) is 2.90. The first kappa shape index (κ1) is 12.0. The van der Waals surface area contributed by atoms with Crippen LogP contribution in [0.15, 0.2) is 0 Å². The highest BCUT2D eigenvalue weighted by atomic mass is 32.1. The van der Waals surface area contributed by atoms with E-state index >= 15 is 0 Å². The molecule has 1 fully saturated rings. The molecule has 0 amide bonds. The van der Waals surface area contributed by atoms with Gasteiger partial charge in [0.15, 0.2) is 0 Å². The van der Waals surface area contributed by atoms with Crippen molar-refractivity contribution in [2.45, 2.75) is 57.4 Å². The zero-order valence-corrected chi connectivity index (χ0v) is 11.2. The summed E-state index contributed by atoms with van der Waals surface area (Å²) in [5.41, 5.74) is 0.307. The van der Waals surface area contributed by atoms with Crippen LogP contribution in [0.3, 0.4) is 0 Å². The zero-order chi connectivity index (χ0) is 11.6. The van der Waals surface area contributed by atoms with Crippen LogP contribution < -0.4 is 5.32 Å². The predicted molar refractivity (Wildman–Crippen MR) is 67.8 cm³/mol. The number of hydrogen-bond acceptors (Lipinski definition) is 4. The fourth-order valence-corrected chi connectivity index (χ4v) is 3.73. The summed E-state index contributed by atoms with van der Waals surface area (Å²) >= 11 is 1.80. The Balaban J connectivity index is 2.18. The van der Waals surface area contributed by atoms with Crippen molar-refractivity contribution in [3.05, 3.63) is 10.0 Å². The van der Waals surface area contributed by atoms with Crippen molar-refractivity contribution < 1.29 is 0 Å². The second-order valence-corrected chi connectivity index (χ2v) is 5.97. The Labute approximate surface area is 102 Å². The van der Waals surface area contributed by atoms with Crippen molar-refractivity contribution in [2.75, 3.05) is 7.05 Å². The van der Waals surface area contributed by atoms with Crippen molar-refractivity contribution >= 4 is 11.3 Å². The van der Waals surface area contributed by atoms with Gasteiger partial charge in [0, 0.05) is 5.41 Å². The smallest absolute Gasteiger partial charge is 0.134 e. The molecule has 3 nitrogen and oxygen atoms in total. The minimum atomic E-state index is 0.307. The summed E-state index contributed by atoms with van der Waals surface area (Å²) in [5, 5.41) is 14.5. The van der Waals surface area contributed by atoms with Gasteiger partial charge in [0.05, 0.1) is 6.04 Å². The lowest BCUT2D eigenvalue weighted by Crippen LogP contribution is -2.16. The Morgan fingerprint density at radius 2 is 2.06 bits per heavy atom.